The molecule has 0 spiro atoms. The van der Waals surface area contributed by atoms with E-state index in [1.165, 1.54) is 9.79 Å². The van der Waals surface area contributed by atoms with Gasteiger partial charge in [0, 0.05) is 19.9 Å². The molecule has 2 aromatic rings. The van der Waals surface area contributed by atoms with Crippen LogP contribution in [-0.4, -0.2) is 5.08 Å². The van der Waals surface area contributed by atoms with Crippen LogP contribution >= 0.6 is 35.1 Å². The Bertz CT molecular complexity index is 425. The summed E-state index contributed by atoms with van der Waals surface area (Å²) in [7, 11) is 0. The normalized spacial score (nSPS) is 10.3. The summed E-state index contributed by atoms with van der Waals surface area (Å²) in [6.07, 6.45) is 0. The molecule has 0 aliphatic rings. The standard InChI is InChI=1S/C13H11ClS2/c14-11-6-8-13(9-7-11)16-10-15-12-4-2-1-3-5-12/h1-9H,10H2. The minimum atomic E-state index is 0.792. The second-order valence-electron chi connectivity index (χ2n) is 3.17. The van der Waals surface area contributed by atoms with Crippen LogP contribution in [0.3, 0.4) is 0 Å². The summed E-state index contributed by atoms with van der Waals surface area (Å²) in [6.45, 7) is 0. The molecule has 0 aliphatic heterocycles. The summed E-state index contributed by atoms with van der Waals surface area (Å²) >= 11 is 9.50. The highest BCUT2D eigenvalue weighted by Gasteiger charge is 1.96. The molecule has 0 aliphatic carbocycles. The lowest BCUT2D eigenvalue weighted by Crippen LogP contribution is -1.74. The predicted molar refractivity (Wildman–Crippen MR) is 74.5 cm³/mol. The third-order valence-corrected chi connectivity index (χ3v) is 4.41. The number of benzene rings is 2. The van der Waals surface area contributed by atoms with E-state index in [-0.39, 0.29) is 0 Å². The molecule has 0 atom stereocenters. The summed E-state index contributed by atoms with van der Waals surface area (Å²) in [5, 5.41) is 1.81. The average molecular weight is 267 g/mol. The Morgan fingerprint density at radius 1 is 0.750 bits per heavy atom. The molecule has 0 heterocycles. The Morgan fingerprint density at radius 3 is 1.94 bits per heavy atom. The molecule has 3 heteroatoms. The van der Waals surface area contributed by atoms with Gasteiger partial charge in [0.05, 0.1) is 0 Å². The van der Waals surface area contributed by atoms with Gasteiger partial charge < -0.3 is 0 Å². The fourth-order valence-electron chi connectivity index (χ4n) is 1.21. The van der Waals surface area contributed by atoms with Crippen molar-refractivity contribution < 1.29 is 0 Å². The second kappa shape index (κ2) is 6.24. The monoisotopic (exact) mass is 266 g/mol. The van der Waals surface area contributed by atoms with Crippen molar-refractivity contribution in [2.45, 2.75) is 9.79 Å². The van der Waals surface area contributed by atoms with Gasteiger partial charge in [0.25, 0.3) is 0 Å². The zero-order valence-electron chi connectivity index (χ0n) is 8.60. The Hall–Kier alpha value is -0.570. The van der Waals surface area contributed by atoms with E-state index in [1.807, 2.05) is 41.7 Å². The van der Waals surface area contributed by atoms with E-state index in [1.54, 1.807) is 0 Å². The van der Waals surface area contributed by atoms with Crippen molar-refractivity contribution >= 4 is 35.1 Å². The van der Waals surface area contributed by atoms with Crippen LogP contribution in [-0.2, 0) is 0 Å². The zero-order chi connectivity index (χ0) is 11.2. The van der Waals surface area contributed by atoms with Gasteiger partial charge in [-0.2, -0.15) is 0 Å². The van der Waals surface area contributed by atoms with Crippen molar-refractivity contribution in [2.75, 3.05) is 5.08 Å². The average Bonchev–Trinajstić information content (AvgIpc) is 2.33. The minimum absolute atomic E-state index is 0.792. The molecular weight excluding hydrogens is 256 g/mol. The summed E-state index contributed by atoms with van der Waals surface area (Å²) in [5.41, 5.74) is 0. The first-order valence-corrected chi connectivity index (χ1v) is 7.26. The van der Waals surface area contributed by atoms with Crippen LogP contribution in [0.25, 0.3) is 0 Å². The molecule has 0 bridgehead atoms. The first-order valence-electron chi connectivity index (χ1n) is 4.91. The Morgan fingerprint density at radius 2 is 1.31 bits per heavy atom. The predicted octanol–water partition coefficient (Wildman–Crippen LogP) is 5.18. The van der Waals surface area contributed by atoms with Crippen LogP contribution in [0.15, 0.2) is 64.4 Å². The summed E-state index contributed by atoms with van der Waals surface area (Å²) in [4.78, 5) is 2.57. The largest absolute Gasteiger partial charge is 0.115 e. The van der Waals surface area contributed by atoms with Crippen molar-refractivity contribution in [3.8, 4) is 0 Å². The maximum Gasteiger partial charge on any atom is 0.0486 e. The Kier molecular flexibility index (Phi) is 4.64. The van der Waals surface area contributed by atoms with Gasteiger partial charge in [0.15, 0.2) is 0 Å². The first kappa shape index (κ1) is 11.9. The number of hydrogen-bond acceptors (Lipinski definition) is 2. The molecule has 0 fully saturated rings. The van der Waals surface area contributed by atoms with Gasteiger partial charge in [-0.3, -0.25) is 0 Å². The molecule has 0 unspecified atom stereocenters. The van der Waals surface area contributed by atoms with Crippen molar-refractivity contribution in [3.63, 3.8) is 0 Å². The number of rotatable bonds is 4. The molecule has 0 saturated heterocycles. The smallest absolute Gasteiger partial charge is 0.0486 e. The second-order valence-corrected chi connectivity index (χ2v) is 6.07. The lowest BCUT2D eigenvalue weighted by Gasteiger charge is -2.01. The van der Waals surface area contributed by atoms with Crippen molar-refractivity contribution in [2.24, 2.45) is 0 Å². The molecule has 0 radical (unpaired) electrons. The van der Waals surface area contributed by atoms with Crippen LogP contribution in [0.1, 0.15) is 0 Å². The Labute approximate surface area is 109 Å². The first-order chi connectivity index (χ1) is 7.84. The van der Waals surface area contributed by atoms with Crippen molar-refractivity contribution in [1.29, 1.82) is 0 Å². The maximum atomic E-state index is 5.83. The van der Waals surface area contributed by atoms with Crippen LogP contribution in [0.5, 0.6) is 0 Å². The molecule has 16 heavy (non-hydrogen) atoms. The van der Waals surface area contributed by atoms with E-state index in [4.69, 9.17) is 11.6 Å². The van der Waals surface area contributed by atoms with Gasteiger partial charge in [-0.05, 0) is 36.4 Å². The summed E-state index contributed by atoms with van der Waals surface area (Å²) < 4.78 is 0. The minimum Gasteiger partial charge on any atom is -0.115 e. The van der Waals surface area contributed by atoms with Crippen LogP contribution in [0.2, 0.25) is 5.02 Å². The fourth-order valence-corrected chi connectivity index (χ4v) is 3.34. The van der Waals surface area contributed by atoms with Gasteiger partial charge in [0.1, 0.15) is 0 Å². The molecule has 82 valence electrons. The SMILES string of the molecule is Clc1ccc(SCSc2ccccc2)cc1. The highest BCUT2D eigenvalue weighted by Crippen LogP contribution is 2.28. The molecule has 0 aromatic heterocycles. The van der Waals surface area contributed by atoms with Gasteiger partial charge in [-0.25, -0.2) is 0 Å². The van der Waals surface area contributed by atoms with E-state index >= 15 is 0 Å². The molecule has 2 rings (SSSR count). The van der Waals surface area contributed by atoms with Gasteiger partial charge in [-0.15, -0.1) is 23.5 Å². The molecule has 0 saturated carbocycles. The van der Waals surface area contributed by atoms with E-state index in [9.17, 15) is 0 Å². The maximum absolute atomic E-state index is 5.83. The number of thioether (sulfide) groups is 2. The highest BCUT2D eigenvalue weighted by molar-refractivity contribution is 8.16. The fraction of sp³-hybridized carbons (Fsp3) is 0.0769. The lowest BCUT2D eigenvalue weighted by atomic mass is 10.4. The Balaban J connectivity index is 1.82. The van der Waals surface area contributed by atoms with Crippen molar-refractivity contribution in [3.05, 3.63) is 59.6 Å². The summed E-state index contributed by atoms with van der Waals surface area (Å²) in [5.74, 6) is 0. The molecule has 0 nitrogen and oxygen atoms in total. The number of halogens is 1. The molecule has 0 amide bonds. The lowest BCUT2D eigenvalue weighted by molar-refractivity contribution is 1.46. The quantitative estimate of drug-likeness (QED) is 0.552. The van der Waals surface area contributed by atoms with E-state index in [0.29, 0.717) is 0 Å². The third-order valence-electron chi connectivity index (χ3n) is 2.01. The molecule has 2 aromatic carbocycles. The van der Waals surface area contributed by atoms with Crippen LogP contribution < -0.4 is 0 Å². The molecular formula is C13H11ClS2. The van der Waals surface area contributed by atoms with E-state index < -0.39 is 0 Å². The van der Waals surface area contributed by atoms with Gasteiger partial charge >= 0.3 is 0 Å². The van der Waals surface area contributed by atoms with Gasteiger partial charge in [0.2, 0.25) is 0 Å². The van der Waals surface area contributed by atoms with Crippen LogP contribution in [0.4, 0.5) is 0 Å². The topological polar surface area (TPSA) is 0 Å². The summed E-state index contributed by atoms with van der Waals surface area (Å²) in [6, 6.07) is 18.4. The van der Waals surface area contributed by atoms with E-state index in [2.05, 4.69) is 36.4 Å². The third kappa shape index (κ3) is 3.78. The number of hydrogen-bond donors (Lipinski definition) is 0. The van der Waals surface area contributed by atoms with Crippen LogP contribution in [0, 0.1) is 0 Å². The van der Waals surface area contributed by atoms with Gasteiger partial charge in [-0.1, -0.05) is 29.8 Å². The molecule has 0 N–H and O–H groups in total. The van der Waals surface area contributed by atoms with Crippen molar-refractivity contribution in [1.82, 2.24) is 0 Å². The van der Waals surface area contributed by atoms with E-state index in [0.717, 1.165) is 10.1 Å². The zero-order valence-corrected chi connectivity index (χ0v) is 11.0. The highest BCUT2D eigenvalue weighted by atomic mass is 35.5.